The topological polar surface area (TPSA) is 189 Å². The molecule has 2 aliphatic rings. The van der Waals surface area contributed by atoms with Crippen molar-refractivity contribution in [1.29, 1.82) is 0 Å². The number of piperazine rings is 1. The monoisotopic (exact) mass is 577 g/mol. The van der Waals surface area contributed by atoms with Crippen LogP contribution in [0.2, 0.25) is 5.02 Å². The first kappa shape index (κ1) is 30.1. The standard InChI is InChI=1S/C21H24ClN5O5.C4H4O4/c1-3-5-16-18(14-6-4-7-15(22)10-14)24(8-9-26(16)20(28)29)12-21(2)13-25-11-17(27(30)31)23-19(25)32-21;5-3(6)1-2-4(7)8/h3-7,10-11,16,18H,8-9,12-13H2,1-2H3,(H,28,29);1-2H,(H,5,6)(H,7,8)/t16-,18?,21?;/m0./s1. The van der Waals surface area contributed by atoms with E-state index in [-0.39, 0.29) is 17.9 Å². The molecule has 0 saturated carbocycles. The molecule has 4 rings (SSSR count). The fourth-order valence-corrected chi connectivity index (χ4v) is 4.95. The molecule has 1 aromatic heterocycles. The number of nitro groups is 1. The summed E-state index contributed by atoms with van der Waals surface area (Å²) in [6.45, 7) is 5.51. The lowest BCUT2D eigenvalue weighted by molar-refractivity contribution is -0.389. The maximum Gasteiger partial charge on any atom is 0.415 e. The molecule has 1 saturated heterocycles. The Kier molecular flexibility index (Phi) is 9.50. The Morgan fingerprint density at radius 3 is 2.42 bits per heavy atom. The highest BCUT2D eigenvalue weighted by Gasteiger charge is 2.46. The van der Waals surface area contributed by atoms with Crippen molar-refractivity contribution in [3.8, 4) is 6.01 Å². The van der Waals surface area contributed by atoms with Crippen LogP contribution in [0.3, 0.4) is 0 Å². The molecule has 3 atom stereocenters. The average Bonchev–Trinajstić information content (AvgIpc) is 3.38. The van der Waals surface area contributed by atoms with Crippen molar-refractivity contribution in [2.75, 3.05) is 19.6 Å². The van der Waals surface area contributed by atoms with Gasteiger partial charge in [-0.05, 0) is 36.5 Å². The van der Waals surface area contributed by atoms with Crippen LogP contribution in [0.1, 0.15) is 25.5 Å². The van der Waals surface area contributed by atoms with E-state index in [4.69, 9.17) is 26.6 Å². The number of carbonyl (C=O) groups is 3. The number of amides is 1. The Balaban J connectivity index is 0.000000482. The molecule has 1 fully saturated rings. The van der Waals surface area contributed by atoms with Gasteiger partial charge in [-0.25, -0.2) is 14.4 Å². The van der Waals surface area contributed by atoms with Crippen LogP contribution in [0.5, 0.6) is 6.01 Å². The summed E-state index contributed by atoms with van der Waals surface area (Å²) in [5.41, 5.74) is 0.224. The first-order valence-corrected chi connectivity index (χ1v) is 12.4. The molecule has 3 heterocycles. The summed E-state index contributed by atoms with van der Waals surface area (Å²) >= 11 is 6.26. The molecule has 15 heteroatoms. The van der Waals surface area contributed by atoms with Gasteiger partial charge in [0.05, 0.1) is 18.6 Å². The average molecular weight is 578 g/mol. The number of allylic oxidation sites excluding steroid dienone is 1. The van der Waals surface area contributed by atoms with Crippen LogP contribution in [0.15, 0.2) is 54.8 Å². The Morgan fingerprint density at radius 2 is 1.90 bits per heavy atom. The number of benzene rings is 1. The molecule has 0 bridgehead atoms. The minimum atomic E-state index is -1.26. The van der Waals surface area contributed by atoms with Crippen LogP contribution < -0.4 is 4.74 Å². The zero-order chi connectivity index (χ0) is 29.6. The number of rotatable bonds is 7. The molecule has 40 heavy (non-hydrogen) atoms. The summed E-state index contributed by atoms with van der Waals surface area (Å²) < 4.78 is 7.68. The van der Waals surface area contributed by atoms with Gasteiger partial charge in [-0.15, -0.1) is 0 Å². The van der Waals surface area contributed by atoms with Gasteiger partial charge < -0.3 is 30.2 Å². The quantitative estimate of drug-likeness (QED) is 0.189. The Labute approximate surface area is 233 Å². The van der Waals surface area contributed by atoms with Gasteiger partial charge in [0.1, 0.15) is 11.8 Å². The van der Waals surface area contributed by atoms with Crippen molar-refractivity contribution in [2.45, 2.75) is 38.1 Å². The predicted octanol–water partition coefficient (Wildman–Crippen LogP) is 3.29. The summed E-state index contributed by atoms with van der Waals surface area (Å²) in [6, 6.07) is 6.96. The lowest BCUT2D eigenvalue weighted by Gasteiger charge is -2.47. The van der Waals surface area contributed by atoms with Gasteiger partial charge in [-0.3, -0.25) is 14.4 Å². The van der Waals surface area contributed by atoms with Crippen LogP contribution >= 0.6 is 11.6 Å². The zero-order valence-electron chi connectivity index (χ0n) is 21.6. The number of imidazole rings is 1. The molecule has 0 radical (unpaired) electrons. The molecular weight excluding hydrogens is 550 g/mol. The molecule has 0 aliphatic carbocycles. The summed E-state index contributed by atoms with van der Waals surface area (Å²) in [5, 5.41) is 37.0. The van der Waals surface area contributed by atoms with Crippen LogP contribution in [0, 0.1) is 10.1 Å². The number of ether oxygens (including phenoxy) is 1. The van der Waals surface area contributed by atoms with Gasteiger partial charge in [-0.2, -0.15) is 0 Å². The fraction of sp³-hybridized carbons (Fsp3) is 0.360. The number of hydrogen-bond acceptors (Lipinski definition) is 8. The Bertz CT molecular complexity index is 1300. The molecule has 214 valence electrons. The maximum absolute atomic E-state index is 12.0. The third-order valence-electron chi connectivity index (χ3n) is 6.19. The number of aromatic nitrogens is 2. The summed E-state index contributed by atoms with van der Waals surface area (Å²) in [7, 11) is 0. The second kappa shape index (κ2) is 12.6. The molecular formula is C25H28ClN5O9. The van der Waals surface area contributed by atoms with Crippen molar-refractivity contribution in [1.82, 2.24) is 19.4 Å². The lowest BCUT2D eigenvalue weighted by Crippen LogP contribution is -2.59. The first-order valence-electron chi connectivity index (χ1n) is 12.0. The van der Waals surface area contributed by atoms with Crippen LogP contribution in [-0.2, 0) is 16.1 Å². The number of carboxylic acids is 2. The van der Waals surface area contributed by atoms with Crippen LogP contribution in [0.25, 0.3) is 0 Å². The highest BCUT2D eigenvalue weighted by Crippen LogP contribution is 2.37. The smallest absolute Gasteiger partial charge is 0.415 e. The molecule has 2 unspecified atom stereocenters. The van der Waals surface area contributed by atoms with E-state index in [1.807, 2.05) is 44.2 Å². The Hall–Kier alpha value is -4.43. The number of halogens is 1. The third-order valence-corrected chi connectivity index (χ3v) is 6.43. The van der Waals surface area contributed by atoms with Crippen molar-refractivity contribution < 1.29 is 39.4 Å². The van der Waals surface area contributed by atoms with Crippen molar-refractivity contribution in [2.24, 2.45) is 0 Å². The van der Waals surface area contributed by atoms with E-state index in [0.717, 1.165) is 5.56 Å². The van der Waals surface area contributed by atoms with Gasteiger partial charge in [0.2, 0.25) is 0 Å². The molecule has 2 aliphatic heterocycles. The molecule has 0 spiro atoms. The molecule has 1 amide bonds. The van der Waals surface area contributed by atoms with E-state index >= 15 is 0 Å². The predicted molar refractivity (Wildman–Crippen MR) is 141 cm³/mol. The van der Waals surface area contributed by atoms with Gasteiger partial charge in [0.25, 0.3) is 0 Å². The van der Waals surface area contributed by atoms with E-state index in [2.05, 4.69) is 9.88 Å². The van der Waals surface area contributed by atoms with Crippen molar-refractivity contribution >= 4 is 35.5 Å². The Morgan fingerprint density at radius 1 is 1.23 bits per heavy atom. The van der Waals surface area contributed by atoms with Crippen molar-refractivity contribution in [3.05, 3.63) is 75.5 Å². The normalized spacial score (nSPS) is 22.4. The SMILES string of the molecule is CC=C[C@H]1C(c2cccc(Cl)c2)N(CC2(C)Cn3cc([N+](=O)[O-])nc3O2)CCN1C(=O)O.O=C(O)C=CC(=O)O. The zero-order valence-corrected chi connectivity index (χ0v) is 22.3. The third kappa shape index (κ3) is 7.36. The largest absolute Gasteiger partial charge is 0.478 e. The molecule has 3 N–H and O–H groups in total. The highest BCUT2D eigenvalue weighted by molar-refractivity contribution is 6.30. The minimum Gasteiger partial charge on any atom is -0.478 e. The molecule has 14 nitrogen and oxygen atoms in total. The molecule has 2 aromatic rings. The summed E-state index contributed by atoms with van der Waals surface area (Å²) in [6.07, 6.45) is 5.25. The van der Waals surface area contributed by atoms with E-state index < -0.39 is 34.6 Å². The molecule has 1 aromatic carbocycles. The van der Waals surface area contributed by atoms with Crippen LogP contribution in [0.4, 0.5) is 10.6 Å². The van der Waals surface area contributed by atoms with E-state index in [0.29, 0.717) is 43.4 Å². The number of nitrogens with zero attached hydrogens (tertiary/aromatic N) is 5. The lowest BCUT2D eigenvalue weighted by atomic mass is 9.92. The first-order chi connectivity index (χ1) is 18.8. The second-order valence-electron chi connectivity index (χ2n) is 9.29. The minimum absolute atomic E-state index is 0.215. The maximum atomic E-state index is 12.0. The van der Waals surface area contributed by atoms with Gasteiger partial charge in [0.15, 0.2) is 0 Å². The van der Waals surface area contributed by atoms with Crippen LogP contribution in [-0.4, -0.2) is 88.9 Å². The number of carboxylic acid groups (broad SMARTS) is 3. The summed E-state index contributed by atoms with van der Waals surface area (Å²) in [4.78, 5) is 49.1. The number of fused-ring (bicyclic) bond motifs is 1. The van der Waals surface area contributed by atoms with Gasteiger partial charge >= 0.3 is 29.9 Å². The second-order valence-corrected chi connectivity index (χ2v) is 9.73. The highest BCUT2D eigenvalue weighted by atomic mass is 35.5. The van der Waals surface area contributed by atoms with E-state index in [1.54, 1.807) is 10.6 Å². The van der Waals surface area contributed by atoms with E-state index in [9.17, 15) is 29.6 Å². The fourth-order valence-electron chi connectivity index (χ4n) is 4.75. The van der Waals surface area contributed by atoms with Gasteiger partial charge in [-0.1, -0.05) is 35.9 Å². The number of aliphatic carboxylic acids is 2. The summed E-state index contributed by atoms with van der Waals surface area (Å²) in [5.74, 6) is -2.76. The van der Waals surface area contributed by atoms with E-state index in [1.165, 1.54) is 11.1 Å². The number of hydrogen-bond donors (Lipinski definition) is 3. The van der Waals surface area contributed by atoms with Gasteiger partial charge in [0, 0.05) is 41.8 Å². The van der Waals surface area contributed by atoms with Crippen molar-refractivity contribution in [3.63, 3.8) is 0 Å².